The van der Waals surface area contributed by atoms with Gasteiger partial charge in [-0.25, -0.2) is 0 Å². The molecular formula is C10H20N3+. The summed E-state index contributed by atoms with van der Waals surface area (Å²) in [6, 6.07) is 0. The molecule has 74 valence electrons. The van der Waals surface area contributed by atoms with Crippen LogP contribution < -0.4 is 0 Å². The minimum absolute atomic E-state index is 1.15. The van der Waals surface area contributed by atoms with Crippen LogP contribution in [0, 0.1) is 0 Å². The summed E-state index contributed by atoms with van der Waals surface area (Å²) in [4.78, 5) is 5.04. The summed E-state index contributed by atoms with van der Waals surface area (Å²) >= 11 is 0. The molecule has 2 aliphatic rings. The average Bonchev–Trinajstić information content (AvgIpc) is 2.17. The van der Waals surface area contributed by atoms with Gasteiger partial charge in [-0.05, 0) is 6.92 Å². The van der Waals surface area contributed by atoms with Crippen LogP contribution >= 0.6 is 0 Å². The van der Waals surface area contributed by atoms with Crippen molar-refractivity contribution >= 4 is 5.96 Å². The lowest BCUT2D eigenvalue weighted by molar-refractivity contribution is -0.515. The molecule has 0 aromatic carbocycles. The largest absolute Gasteiger partial charge is 0.350 e. The maximum Gasteiger partial charge on any atom is 0.350 e. The molecule has 2 heterocycles. The van der Waals surface area contributed by atoms with E-state index >= 15 is 0 Å². The van der Waals surface area contributed by atoms with Crippen LogP contribution in [0.3, 0.4) is 0 Å². The highest BCUT2D eigenvalue weighted by molar-refractivity contribution is 5.76. The Morgan fingerprint density at radius 1 is 1.23 bits per heavy atom. The van der Waals surface area contributed by atoms with Crippen molar-refractivity contribution in [2.24, 2.45) is 0 Å². The Labute approximate surface area is 80.6 Å². The zero-order chi connectivity index (χ0) is 9.26. The van der Waals surface area contributed by atoms with Gasteiger partial charge in [0.15, 0.2) is 0 Å². The Balaban J connectivity index is 2.24. The van der Waals surface area contributed by atoms with Crippen molar-refractivity contribution in [3.05, 3.63) is 0 Å². The summed E-state index contributed by atoms with van der Waals surface area (Å²) in [7, 11) is 2.22. The fraction of sp³-hybridized carbons (Fsp3) is 0.900. The van der Waals surface area contributed by atoms with Crippen molar-refractivity contribution in [1.29, 1.82) is 0 Å². The summed E-state index contributed by atoms with van der Waals surface area (Å²) in [5.41, 5.74) is 0. The molecular weight excluding hydrogens is 162 g/mol. The molecule has 2 rings (SSSR count). The second kappa shape index (κ2) is 3.56. The zero-order valence-electron chi connectivity index (χ0n) is 8.79. The fourth-order valence-corrected chi connectivity index (χ4v) is 2.45. The van der Waals surface area contributed by atoms with Gasteiger partial charge in [0.1, 0.15) is 0 Å². The third-order valence-electron chi connectivity index (χ3n) is 3.07. The minimum atomic E-state index is 1.15. The summed E-state index contributed by atoms with van der Waals surface area (Å²) in [5.74, 6) is 1.47. The molecule has 2 aliphatic heterocycles. The first-order valence-corrected chi connectivity index (χ1v) is 5.41. The third kappa shape index (κ3) is 1.52. The average molecular weight is 182 g/mol. The minimum Gasteiger partial charge on any atom is -0.267 e. The second-order valence-corrected chi connectivity index (χ2v) is 4.00. The molecule has 0 amide bonds. The maximum absolute atomic E-state index is 2.54. The Hall–Kier alpha value is -0.730. The van der Waals surface area contributed by atoms with Gasteiger partial charge < -0.3 is 0 Å². The fourth-order valence-electron chi connectivity index (χ4n) is 2.45. The molecule has 1 fully saturated rings. The number of fused-ring (bicyclic) bond motifs is 1. The monoisotopic (exact) mass is 182 g/mol. The lowest BCUT2D eigenvalue weighted by Gasteiger charge is -2.36. The lowest BCUT2D eigenvalue weighted by atomic mass is 10.2. The van der Waals surface area contributed by atoms with Gasteiger partial charge in [0.25, 0.3) is 0 Å². The normalized spacial score (nSPS) is 23.5. The maximum atomic E-state index is 2.54. The zero-order valence-corrected chi connectivity index (χ0v) is 8.79. The molecule has 0 aliphatic carbocycles. The van der Waals surface area contributed by atoms with Gasteiger partial charge in [0.2, 0.25) is 0 Å². The van der Waals surface area contributed by atoms with Crippen LogP contribution in [0.5, 0.6) is 0 Å². The van der Waals surface area contributed by atoms with Crippen molar-refractivity contribution in [1.82, 2.24) is 9.80 Å². The highest BCUT2D eigenvalue weighted by atomic mass is 15.4. The van der Waals surface area contributed by atoms with Crippen LogP contribution in [0.25, 0.3) is 0 Å². The summed E-state index contributed by atoms with van der Waals surface area (Å²) in [5, 5.41) is 0. The summed E-state index contributed by atoms with van der Waals surface area (Å²) in [6.45, 7) is 8.39. The first-order chi connectivity index (χ1) is 6.33. The molecule has 3 nitrogen and oxygen atoms in total. The predicted octanol–water partition coefficient (Wildman–Crippen LogP) is 0.416. The van der Waals surface area contributed by atoms with E-state index in [1.807, 2.05) is 0 Å². The van der Waals surface area contributed by atoms with E-state index in [0.717, 1.165) is 6.54 Å². The molecule has 0 atom stereocenters. The number of hydrogen-bond acceptors (Lipinski definition) is 2. The molecule has 0 aromatic rings. The Morgan fingerprint density at radius 2 is 2.00 bits per heavy atom. The molecule has 0 unspecified atom stereocenters. The van der Waals surface area contributed by atoms with Crippen molar-refractivity contribution in [3.8, 4) is 0 Å². The molecule has 1 saturated heterocycles. The molecule has 0 saturated carbocycles. The van der Waals surface area contributed by atoms with Crippen LogP contribution in [0.4, 0.5) is 0 Å². The molecule has 13 heavy (non-hydrogen) atoms. The van der Waals surface area contributed by atoms with Gasteiger partial charge in [-0.15, -0.1) is 0 Å². The van der Waals surface area contributed by atoms with Gasteiger partial charge in [0.05, 0.1) is 39.8 Å². The Morgan fingerprint density at radius 3 is 2.77 bits per heavy atom. The first kappa shape index (κ1) is 8.85. The van der Waals surface area contributed by atoms with Crippen LogP contribution in [0.2, 0.25) is 0 Å². The van der Waals surface area contributed by atoms with Crippen molar-refractivity contribution < 1.29 is 4.58 Å². The standard InChI is InChI=1S/C10H20N3/c1-3-12-7-5-9-13-8-4-6-11(2)10(12)13/h3-9H2,1-2H3/q+1. The van der Waals surface area contributed by atoms with Gasteiger partial charge in [0, 0.05) is 12.8 Å². The van der Waals surface area contributed by atoms with Gasteiger partial charge in [-0.3, -0.25) is 14.4 Å². The molecule has 0 radical (unpaired) electrons. The van der Waals surface area contributed by atoms with E-state index in [0.29, 0.717) is 0 Å². The molecule has 0 N–H and O–H groups in total. The van der Waals surface area contributed by atoms with E-state index in [1.165, 1.54) is 45.0 Å². The van der Waals surface area contributed by atoms with E-state index in [9.17, 15) is 0 Å². The summed E-state index contributed by atoms with van der Waals surface area (Å²) in [6.07, 6.45) is 2.64. The SMILES string of the molecule is CCN1CCCN2CCC[N+](C)=C12. The molecule has 3 heteroatoms. The van der Waals surface area contributed by atoms with E-state index in [2.05, 4.69) is 28.3 Å². The molecule has 0 bridgehead atoms. The second-order valence-electron chi connectivity index (χ2n) is 4.00. The Bertz CT molecular complexity index is 222. The van der Waals surface area contributed by atoms with Gasteiger partial charge in [-0.2, -0.15) is 0 Å². The van der Waals surface area contributed by atoms with E-state index < -0.39 is 0 Å². The van der Waals surface area contributed by atoms with E-state index in [-0.39, 0.29) is 0 Å². The number of rotatable bonds is 1. The number of hydrogen-bond donors (Lipinski definition) is 0. The predicted molar refractivity (Wildman–Crippen MR) is 54.1 cm³/mol. The lowest BCUT2D eigenvalue weighted by Crippen LogP contribution is -2.56. The van der Waals surface area contributed by atoms with Crippen LogP contribution in [0.1, 0.15) is 19.8 Å². The van der Waals surface area contributed by atoms with Crippen LogP contribution in [-0.4, -0.2) is 60.1 Å². The summed E-state index contributed by atoms with van der Waals surface area (Å²) < 4.78 is 2.41. The van der Waals surface area contributed by atoms with Crippen molar-refractivity contribution in [2.45, 2.75) is 19.8 Å². The van der Waals surface area contributed by atoms with Crippen LogP contribution in [0.15, 0.2) is 0 Å². The number of nitrogens with zero attached hydrogens (tertiary/aromatic N) is 3. The first-order valence-electron chi connectivity index (χ1n) is 5.41. The topological polar surface area (TPSA) is 9.49 Å². The molecule has 0 spiro atoms. The molecule has 0 aromatic heterocycles. The van der Waals surface area contributed by atoms with E-state index in [4.69, 9.17) is 0 Å². The van der Waals surface area contributed by atoms with Gasteiger partial charge >= 0.3 is 5.96 Å². The highest BCUT2D eigenvalue weighted by Gasteiger charge is 2.33. The third-order valence-corrected chi connectivity index (χ3v) is 3.07. The van der Waals surface area contributed by atoms with Gasteiger partial charge in [-0.1, -0.05) is 0 Å². The smallest absolute Gasteiger partial charge is 0.267 e. The number of guanidine groups is 1. The van der Waals surface area contributed by atoms with Crippen molar-refractivity contribution in [2.75, 3.05) is 39.8 Å². The Kier molecular flexibility index (Phi) is 2.42. The quantitative estimate of drug-likeness (QED) is 0.544. The highest BCUT2D eigenvalue weighted by Crippen LogP contribution is 2.12. The van der Waals surface area contributed by atoms with Crippen molar-refractivity contribution in [3.63, 3.8) is 0 Å². The van der Waals surface area contributed by atoms with E-state index in [1.54, 1.807) is 0 Å². The van der Waals surface area contributed by atoms with Crippen LogP contribution in [-0.2, 0) is 0 Å².